The van der Waals surface area contributed by atoms with Gasteiger partial charge in [0.15, 0.2) is 0 Å². The molecule has 3 unspecified atom stereocenters. The maximum atomic E-state index is 12.2. The van der Waals surface area contributed by atoms with Crippen molar-refractivity contribution in [1.29, 1.82) is 0 Å². The van der Waals surface area contributed by atoms with E-state index in [2.05, 4.69) is 12.2 Å². The fraction of sp³-hybridized carbons (Fsp3) is 0.885. The van der Waals surface area contributed by atoms with Gasteiger partial charge in [0, 0.05) is 6.42 Å². The molecule has 8 nitrogen and oxygen atoms in total. The van der Waals surface area contributed by atoms with Crippen molar-refractivity contribution in [2.45, 2.75) is 109 Å². The topological polar surface area (TPSA) is 108 Å². The van der Waals surface area contributed by atoms with Crippen LogP contribution in [0.2, 0.25) is 0 Å². The van der Waals surface area contributed by atoms with Crippen LogP contribution >= 0.6 is 7.82 Å². The first kappa shape index (κ1) is 34.2. The number of nitrogens with zero attached hydrogens (tertiary/aromatic N) is 1. The van der Waals surface area contributed by atoms with Gasteiger partial charge in [-0.25, -0.2) is 0 Å². The lowest BCUT2D eigenvalue weighted by Crippen LogP contribution is -2.45. The first-order valence-electron chi connectivity index (χ1n) is 13.6. The number of phosphoric ester groups is 1. The average molecular weight is 521 g/mol. The Morgan fingerprint density at radius 2 is 1.54 bits per heavy atom. The summed E-state index contributed by atoms with van der Waals surface area (Å²) in [4.78, 5) is 24.3. The summed E-state index contributed by atoms with van der Waals surface area (Å²) >= 11 is 0. The highest BCUT2D eigenvalue weighted by Gasteiger charge is 2.23. The first-order valence-corrected chi connectivity index (χ1v) is 15.0. The quantitative estimate of drug-likeness (QED) is 0.0875. The molecule has 3 atom stereocenters. The predicted molar refractivity (Wildman–Crippen MR) is 141 cm³/mol. The normalized spacial score (nSPS) is 15.7. The molecule has 0 spiro atoms. The number of amides is 1. The van der Waals surface area contributed by atoms with E-state index in [4.69, 9.17) is 9.05 Å². The average Bonchev–Trinajstić information content (AvgIpc) is 2.77. The second-order valence-corrected chi connectivity index (χ2v) is 11.8. The minimum Gasteiger partial charge on any atom is -0.756 e. The molecule has 0 aliphatic carbocycles. The van der Waals surface area contributed by atoms with Gasteiger partial charge in [-0.1, -0.05) is 83.8 Å². The number of phosphoric acid groups is 1. The lowest BCUT2D eigenvalue weighted by Gasteiger charge is -2.29. The van der Waals surface area contributed by atoms with Crippen molar-refractivity contribution in [1.82, 2.24) is 5.32 Å². The van der Waals surface area contributed by atoms with Crippen molar-refractivity contribution in [3.05, 3.63) is 12.2 Å². The summed E-state index contributed by atoms with van der Waals surface area (Å²) in [5.41, 5.74) is 0. The van der Waals surface area contributed by atoms with Crippen molar-refractivity contribution < 1.29 is 32.9 Å². The van der Waals surface area contributed by atoms with Crippen LogP contribution in [0.4, 0.5) is 0 Å². The molecule has 0 aromatic heterocycles. The first-order chi connectivity index (χ1) is 16.5. The van der Waals surface area contributed by atoms with Gasteiger partial charge in [-0.15, -0.1) is 0 Å². The molecule has 0 heterocycles. The van der Waals surface area contributed by atoms with E-state index in [1.54, 1.807) is 6.08 Å². The van der Waals surface area contributed by atoms with E-state index in [1.807, 2.05) is 34.1 Å². The summed E-state index contributed by atoms with van der Waals surface area (Å²) in [6.07, 6.45) is 16.4. The van der Waals surface area contributed by atoms with Crippen molar-refractivity contribution in [3.8, 4) is 0 Å². The van der Waals surface area contributed by atoms with E-state index in [-0.39, 0.29) is 19.1 Å². The van der Waals surface area contributed by atoms with Crippen LogP contribution in [0.3, 0.4) is 0 Å². The number of hydrogen-bond acceptors (Lipinski definition) is 6. The molecule has 0 aromatic carbocycles. The Labute approximate surface area is 214 Å². The van der Waals surface area contributed by atoms with Crippen LogP contribution in [-0.4, -0.2) is 68.5 Å². The minimum atomic E-state index is -4.54. The minimum absolute atomic E-state index is 0.000992. The molecule has 0 aromatic rings. The van der Waals surface area contributed by atoms with Crippen LogP contribution in [0.25, 0.3) is 0 Å². The van der Waals surface area contributed by atoms with Crippen LogP contribution < -0.4 is 10.2 Å². The van der Waals surface area contributed by atoms with E-state index in [1.165, 1.54) is 44.9 Å². The Kier molecular flexibility index (Phi) is 19.9. The van der Waals surface area contributed by atoms with Crippen molar-refractivity contribution in [2.24, 2.45) is 0 Å². The molecular formula is C26H53N2O6P. The zero-order chi connectivity index (χ0) is 26.6. The van der Waals surface area contributed by atoms with Crippen LogP contribution in [0.1, 0.15) is 97.3 Å². The molecule has 208 valence electrons. The van der Waals surface area contributed by atoms with E-state index in [0.29, 0.717) is 17.4 Å². The summed E-state index contributed by atoms with van der Waals surface area (Å²) < 4.78 is 22.6. The van der Waals surface area contributed by atoms with E-state index < -0.39 is 20.0 Å². The van der Waals surface area contributed by atoms with Crippen molar-refractivity contribution >= 4 is 13.7 Å². The van der Waals surface area contributed by atoms with Crippen LogP contribution in [0.5, 0.6) is 0 Å². The smallest absolute Gasteiger partial charge is 0.268 e. The molecule has 0 saturated carbocycles. The lowest BCUT2D eigenvalue weighted by atomic mass is 10.1. The highest BCUT2D eigenvalue weighted by molar-refractivity contribution is 7.45. The van der Waals surface area contributed by atoms with E-state index >= 15 is 0 Å². The Bertz CT molecular complexity index is 609. The van der Waals surface area contributed by atoms with Gasteiger partial charge in [0.25, 0.3) is 7.82 Å². The van der Waals surface area contributed by atoms with Gasteiger partial charge in [-0.05, 0) is 19.3 Å². The van der Waals surface area contributed by atoms with Crippen LogP contribution in [0.15, 0.2) is 12.2 Å². The third-order valence-electron chi connectivity index (χ3n) is 5.75. The molecule has 2 N–H and O–H groups in total. The number of nitrogens with one attached hydrogen (secondary N) is 1. The van der Waals surface area contributed by atoms with Gasteiger partial charge < -0.3 is 28.8 Å². The maximum absolute atomic E-state index is 12.2. The largest absolute Gasteiger partial charge is 0.756 e. The molecule has 1 amide bonds. The lowest BCUT2D eigenvalue weighted by molar-refractivity contribution is -0.870. The molecule has 0 radical (unpaired) electrons. The molecule has 0 fully saturated rings. The maximum Gasteiger partial charge on any atom is 0.268 e. The monoisotopic (exact) mass is 520 g/mol. The number of quaternary nitrogens is 1. The Morgan fingerprint density at radius 3 is 2.11 bits per heavy atom. The highest BCUT2D eigenvalue weighted by Crippen LogP contribution is 2.38. The molecule has 35 heavy (non-hydrogen) atoms. The van der Waals surface area contributed by atoms with E-state index in [0.717, 1.165) is 32.1 Å². The highest BCUT2D eigenvalue weighted by atomic mass is 31.2. The molecule has 9 heteroatoms. The summed E-state index contributed by atoms with van der Waals surface area (Å²) in [7, 11) is 1.25. The summed E-state index contributed by atoms with van der Waals surface area (Å²) in [6.45, 7) is 4.33. The van der Waals surface area contributed by atoms with Crippen LogP contribution in [-0.2, 0) is 18.4 Å². The third-order valence-corrected chi connectivity index (χ3v) is 6.71. The number of aliphatic hydroxyl groups is 1. The Morgan fingerprint density at radius 1 is 0.971 bits per heavy atom. The molecule has 0 saturated heterocycles. The van der Waals surface area contributed by atoms with Gasteiger partial charge in [0.05, 0.1) is 39.9 Å². The summed E-state index contributed by atoms with van der Waals surface area (Å²) in [6, 6.07) is -0.872. The second-order valence-electron chi connectivity index (χ2n) is 10.4. The number of rotatable bonds is 23. The van der Waals surface area contributed by atoms with Gasteiger partial charge in [0.2, 0.25) is 5.91 Å². The van der Waals surface area contributed by atoms with Gasteiger partial charge >= 0.3 is 0 Å². The number of hydrogen-bond donors (Lipinski definition) is 2. The van der Waals surface area contributed by atoms with Crippen LogP contribution in [0, 0.1) is 0 Å². The third kappa shape index (κ3) is 22.2. The fourth-order valence-electron chi connectivity index (χ4n) is 3.42. The summed E-state index contributed by atoms with van der Waals surface area (Å²) in [5.74, 6) is -0.237. The standard InChI is InChI=1S/C26H53N2O6P/c1-6-8-10-11-12-13-14-15-16-17-18-19-25(29)24(27-26(30)20-9-7-2)23-34-35(31,32)33-22-21-28(3,4)5/h18-19,24-25,29H,6-17,20-23H2,1-5H3,(H-,27,30,31,32)/b19-18+. The number of carbonyl (C=O) groups is 1. The van der Waals surface area contributed by atoms with Gasteiger partial charge in [-0.2, -0.15) is 0 Å². The predicted octanol–water partition coefficient (Wildman–Crippen LogP) is 4.71. The fourth-order valence-corrected chi connectivity index (χ4v) is 4.14. The molecule has 0 rings (SSSR count). The number of likely N-dealkylation sites (N-methyl/N-ethyl adjacent to an activating group) is 1. The van der Waals surface area contributed by atoms with Crippen molar-refractivity contribution in [3.63, 3.8) is 0 Å². The van der Waals surface area contributed by atoms with Crippen molar-refractivity contribution in [2.75, 3.05) is 40.9 Å². The Hall–Kier alpha value is -0.760. The molecule has 0 bridgehead atoms. The second kappa shape index (κ2) is 20.3. The number of allylic oxidation sites excluding steroid dienone is 1. The zero-order valence-electron chi connectivity index (χ0n) is 23.0. The van der Waals surface area contributed by atoms with Gasteiger partial charge in [0.1, 0.15) is 13.2 Å². The summed E-state index contributed by atoms with van der Waals surface area (Å²) in [5, 5.41) is 13.3. The van der Waals surface area contributed by atoms with E-state index in [9.17, 15) is 19.4 Å². The molecular weight excluding hydrogens is 467 g/mol. The molecule has 0 aliphatic heterocycles. The molecule has 0 aliphatic rings. The number of aliphatic hydroxyl groups excluding tert-OH is 1. The SMILES string of the molecule is CCCCCCCCCCC/C=C/C(O)C(COP(=O)([O-])OCC[N+](C)(C)C)NC(=O)CCCC. The number of carbonyl (C=O) groups excluding carboxylic acids is 1. The Balaban J connectivity index is 4.54. The van der Waals surface area contributed by atoms with Gasteiger partial charge in [-0.3, -0.25) is 9.36 Å². The zero-order valence-corrected chi connectivity index (χ0v) is 23.9. The number of unbranched alkanes of at least 4 members (excludes halogenated alkanes) is 10.